The highest BCUT2D eigenvalue weighted by molar-refractivity contribution is 5.69. The molecule has 0 rings (SSSR count). The summed E-state index contributed by atoms with van der Waals surface area (Å²) in [6, 6.07) is 0. The van der Waals surface area contributed by atoms with Crippen molar-refractivity contribution in [2.24, 2.45) is 0 Å². The minimum Gasteiger partial charge on any atom is -0.466 e. The Morgan fingerprint density at radius 1 is 0.842 bits per heavy atom. The summed E-state index contributed by atoms with van der Waals surface area (Å²) < 4.78 is 4.88. The molecule has 0 N–H and O–H groups in total. The van der Waals surface area contributed by atoms with Gasteiger partial charge in [-0.05, 0) is 19.8 Å². The van der Waals surface area contributed by atoms with Crippen molar-refractivity contribution in [2.45, 2.75) is 84.0 Å². The largest absolute Gasteiger partial charge is 0.466 e. The van der Waals surface area contributed by atoms with E-state index in [1.807, 2.05) is 6.92 Å². The first-order valence-electron chi connectivity index (χ1n) is 7.90. The van der Waals surface area contributed by atoms with E-state index in [1.165, 1.54) is 44.9 Å². The van der Waals surface area contributed by atoms with Gasteiger partial charge in [0.1, 0.15) is 6.29 Å². The highest BCUT2D eigenvalue weighted by Crippen LogP contribution is 2.11. The first-order valence-corrected chi connectivity index (χ1v) is 7.90. The summed E-state index contributed by atoms with van der Waals surface area (Å²) in [5.41, 5.74) is 0. The van der Waals surface area contributed by atoms with E-state index >= 15 is 0 Å². The number of rotatable bonds is 14. The Kier molecular flexibility index (Phi) is 14.5. The van der Waals surface area contributed by atoms with Crippen LogP contribution < -0.4 is 0 Å². The molecule has 0 atom stereocenters. The van der Waals surface area contributed by atoms with Crippen LogP contribution in [-0.4, -0.2) is 18.9 Å². The van der Waals surface area contributed by atoms with E-state index in [4.69, 9.17) is 4.74 Å². The van der Waals surface area contributed by atoms with Gasteiger partial charge in [0.05, 0.1) is 6.61 Å². The lowest BCUT2D eigenvalue weighted by Gasteiger charge is -2.03. The molecule has 0 aromatic carbocycles. The Bertz CT molecular complexity index is 214. The van der Waals surface area contributed by atoms with Crippen molar-refractivity contribution in [2.75, 3.05) is 6.61 Å². The molecule has 0 heterocycles. The van der Waals surface area contributed by atoms with Crippen LogP contribution in [-0.2, 0) is 14.3 Å². The molecule has 0 aliphatic rings. The van der Waals surface area contributed by atoms with Crippen molar-refractivity contribution in [3.63, 3.8) is 0 Å². The van der Waals surface area contributed by atoms with Crippen molar-refractivity contribution < 1.29 is 14.3 Å². The Morgan fingerprint density at radius 3 is 1.79 bits per heavy atom. The second-order valence-corrected chi connectivity index (χ2v) is 5.05. The van der Waals surface area contributed by atoms with Crippen LogP contribution in [0.3, 0.4) is 0 Å². The SMILES string of the molecule is CCOC(=O)CCCCCCCCCCCCC=O. The Labute approximate surface area is 118 Å². The summed E-state index contributed by atoms with van der Waals surface area (Å²) in [5, 5.41) is 0. The molecule has 0 saturated carbocycles. The summed E-state index contributed by atoms with van der Waals surface area (Å²) in [4.78, 5) is 21.2. The van der Waals surface area contributed by atoms with Crippen LogP contribution in [0.4, 0.5) is 0 Å². The number of unbranched alkanes of at least 4 members (excludes halogenated alkanes) is 10. The first-order chi connectivity index (χ1) is 9.31. The Balaban J connectivity index is 3.02. The monoisotopic (exact) mass is 270 g/mol. The zero-order valence-electron chi connectivity index (χ0n) is 12.5. The number of carbonyl (C=O) groups excluding carboxylic acids is 2. The maximum absolute atomic E-state index is 11.1. The minimum atomic E-state index is -0.0576. The van der Waals surface area contributed by atoms with Gasteiger partial charge in [-0.25, -0.2) is 0 Å². The molecule has 0 spiro atoms. The van der Waals surface area contributed by atoms with Crippen molar-refractivity contribution in [1.29, 1.82) is 0 Å². The molecule has 0 aromatic heterocycles. The van der Waals surface area contributed by atoms with Crippen LogP contribution in [0.25, 0.3) is 0 Å². The Morgan fingerprint density at radius 2 is 1.32 bits per heavy atom. The molecule has 3 heteroatoms. The fourth-order valence-electron chi connectivity index (χ4n) is 2.14. The molecule has 0 unspecified atom stereocenters. The highest BCUT2D eigenvalue weighted by atomic mass is 16.5. The van der Waals surface area contributed by atoms with E-state index in [0.717, 1.165) is 32.0 Å². The van der Waals surface area contributed by atoms with Crippen LogP contribution in [0.15, 0.2) is 0 Å². The fourth-order valence-corrected chi connectivity index (χ4v) is 2.14. The third-order valence-electron chi connectivity index (χ3n) is 3.26. The summed E-state index contributed by atoms with van der Waals surface area (Å²) in [7, 11) is 0. The van der Waals surface area contributed by atoms with Gasteiger partial charge in [-0.15, -0.1) is 0 Å². The third-order valence-corrected chi connectivity index (χ3v) is 3.26. The summed E-state index contributed by atoms with van der Waals surface area (Å²) >= 11 is 0. The van der Waals surface area contributed by atoms with Gasteiger partial charge in [0, 0.05) is 12.8 Å². The van der Waals surface area contributed by atoms with Crippen LogP contribution in [0, 0.1) is 0 Å². The molecular formula is C16H30O3. The topological polar surface area (TPSA) is 43.4 Å². The number of ether oxygens (including phenoxy) is 1. The second-order valence-electron chi connectivity index (χ2n) is 5.05. The molecule has 3 nitrogen and oxygen atoms in total. The lowest BCUT2D eigenvalue weighted by molar-refractivity contribution is -0.143. The van der Waals surface area contributed by atoms with Gasteiger partial charge in [0.25, 0.3) is 0 Å². The average molecular weight is 270 g/mol. The molecular weight excluding hydrogens is 240 g/mol. The maximum Gasteiger partial charge on any atom is 0.305 e. The highest BCUT2D eigenvalue weighted by Gasteiger charge is 2.00. The third kappa shape index (κ3) is 15.1. The first kappa shape index (κ1) is 18.1. The van der Waals surface area contributed by atoms with Gasteiger partial charge in [0.15, 0.2) is 0 Å². The van der Waals surface area contributed by atoms with Crippen molar-refractivity contribution >= 4 is 12.3 Å². The van der Waals surface area contributed by atoms with Gasteiger partial charge in [-0.2, -0.15) is 0 Å². The van der Waals surface area contributed by atoms with Crippen LogP contribution >= 0.6 is 0 Å². The molecule has 0 aromatic rings. The van der Waals surface area contributed by atoms with Crippen molar-refractivity contribution in [3.8, 4) is 0 Å². The van der Waals surface area contributed by atoms with E-state index in [2.05, 4.69) is 0 Å². The van der Waals surface area contributed by atoms with Crippen LogP contribution in [0.2, 0.25) is 0 Å². The van der Waals surface area contributed by atoms with E-state index in [1.54, 1.807) is 0 Å². The number of hydrogen-bond acceptors (Lipinski definition) is 3. The average Bonchev–Trinajstić information content (AvgIpc) is 2.40. The summed E-state index contributed by atoms with van der Waals surface area (Å²) in [6.07, 6.45) is 14.3. The molecule has 112 valence electrons. The molecule has 0 aliphatic heterocycles. The second kappa shape index (κ2) is 15.2. The van der Waals surface area contributed by atoms with Crippen molar-refractivity contribution in [3.05, 3.63) is 0 Å². The summed E-state index contributed by atoms with van der Waals surface area (Å²) in [5.74, 6) is -0.0576. The van der Waals surface area contributed by atoms with Crippen LogP contribution in [0.1, 0.15) is 84.0 Å². The van der Waals surface area contributed by atoms with Gasteiger partial charge in [-0.3, -0.25) is 4.79 Å². The van der Waals surface area contributed by atoms with E-state index in [-0.39, 0.29) is 5.97 Å². The van der Waals surface area contributed by atoms with Gasteiger partial charge >= 0.3 is 5.97 Å². The quantitative estimate of drug-likeness (QED) is 0.266. The van der Waals surface area contributed by atoms with E-state index < -0.39 is 0 Å². The smallest absolute Gasteiger partial charge is 0.305 e. The predicted octanol–water partition coefficient (Wildman–Crippen LogP) is 4.43. The number of esters is 1. The number of carbonyl (C=O) groups is 2. The lowest BCUT2D eigenvalue weighted by Crippen LogP contribution is -2.03. The van der Waals surface area contributed by atoms with Gasteiger partial charge in [-0.1, -0.05) is 51.4 Å². The normalized spacial score (nSPS) is 10.4. The standard InChI is InChI=1S/C16H30O3/c1-2-19-16(18)14-12-10-8-6-4-3-5-7-9-11-13-15-17/h15H,2-14H2,1H3. The van der Waals surface area contributed by atoms with E-state index in [9.17, 15) is 9.59 Å². The molecule has 0 amide bonds. The molecule has 0 radical (unpaired) electrons. The molecule has 0 saturated heterocycles. The Hall–Kier alpha value is -0.860. The van der Waals surface area contributed by atoms with Gasteiger partial charge in [0.2, 0.25) is 0 Å². The minimum absolute atomic E-state index is 0.0576. The summed E-state index contributed by atoms with van der Waals surface area (Å²) in [6.45, 7) is 2.34. The molecule has 0 bridgehead atoms. The van der Waals surface area contributed by atoms with Gasteiger partial charge < -0.3 is 9.53 Å². The molecule has 0 aliphatic carbocycles. The van der Waals surface area contributed by atoms with Crippen LogP contribution in [0.5, 0.6) is 0 Å². The fraction of sp³-hybridized carbons (Fsp3) is 0.875. The maximum atomic E-state index is 11.1. The number of hydrogen-bond donors (Lipinski definition) is 0. The van der Waals surface area contributed by atoms with E-state index in [0.29, 0.717) is 13.0 Å². The van der Waals surface area contributed by atoms with Crippen molar-refractivity contribution in [1.82, 2.24) is 0 Å². The molecule has 0 fully saturated rings. The zero-order chi connectivity index (χ0) is 14.2. The zero-order valence-corrected chi connectivity index (χ0v) is 12.5. The predicted molar refractivity (Wildman–Crippen MR) is 78.1 cm³/mol. The lowest BCUT2D eigenvalue weighted by atomic mass is 10.1. The number of aldehydes is 1. The molecule has 19 heavy (non-hydrogen) atoms.